The average molecular weight is 453 g/mol. The lowest BCUT2D eigenvalue weighted by Gasteiger charge is -2.15. The Bertz CT molecular complexity index is 997. The van der Waals surface area contributed by atoms with Crippen LogP contribution in [0.2, 0.25) is 0 Å². The van der Waals surface area contributed by atoms with Crippen LogP contribution in [0, 0.1) is 11.6 Å². The van der Waals surface area contributed by atoms with Gasteiger partial charge in [0.25, 0.3) is 0 Å². The highest BCUT2D eigenvalue weighted by Crippen LogP contribution is 2.35. The van der Waals surface area contributed by atoms with E-state index in [-0.39, 0.29) is 30.2 Å². The van der Waals surface area contributed by atoms with Crippen molar-refractivity contribution >= 4 is 45.3 Å². The van der Waals surface area contributed by atoms with E-state index in [9.17, 15) is 18.4 Å². The fourth-order valence-corrected chi connectivity index (χ4v) is 3.73. The molecule has 2 aliphatic rings. The van der Waals surface area contributed by atoms with Gasteiger partial charge in [-0.25, -0.2) is 18.6 Å². The lowest BCUT2D eigenvalue weighted by molar-refractivity contribution is -0.119. The van der Waals surface area contributed by atoms with Crippen molar-refractivity contribution < 1.29 is 23.1 Å². The molecular formula is C18H15BrF2N4O3. The number of cyclic esters (lactones) is 1. The summed E-state index contributed by atoms with van der Waals surface area (Å²) in [6, 6.07) is 2.23. The van der Waals surface area contributed by atoms with Gasteiger partial charge in [0.2, 0.25) is 5.91 Å². The van der Waals surface area contributed by atoms with E-state index < -0.39 is 23.8 Å². The summed E-state index contributed by atoms with van der Waals surface area (Å²) in [6.07, 6.45) is 1.96. The van der Waals surface area contributed by atoms with Gasteiger partial charge in [-0.1, -0.05) is 0 Å². The van der Waals surface area contributed by atoms with Gasteiger partial charge in [0.1, 0.15) is 22.3 Å². The summed E-state index contributed by atoms with van der Waals surface area (Å²) >= 11 is 3.30. The van der Waals surface area contributed by atoms with E-state index >= 15 is 0 Å². The standard InChI is InChI=1S/C18H15BrF2N4O3/c1-9(26)22-5-12-7-25(18(27)28-12)11-3-13(20)16(14(21)4-11)10-2-15-17(19)23-8-24(15)6-10/h2-4,8,12H,5-7H2,1H3,(H,22,26)/t12-/m0/s1. The Labute approximate surface area is 167 Å². The van der Waals surface area contributed by atoms with Crippen LogP contribution in [0.3, 0.4) is 0 Å². The second-order valence-electron chi connectivity index (χ2n) is 6.56. The number of fused-ring (bicyclic) bond motifs is 1. The van der Waals surface area contributed by atoms with Crippen molar-refractivity contribution in [1.82, 2.24) is 14.9 Å². The van der Waals surface area contributed by atoms with Crippen molar-refractivity contribution in [2.45, 2.75) is 19.6 Å². The Kier molecular flexibility index (Phi) is 4.66. The van der Waals surface area contributed by atoms with Crippen molar-refractivity contribution in [2.75, 3.05) is 18.0 Å². The minimum Gasteiger partial charge on any atom is -0.442 e. The second kappa shape index (κ2) is 7.01. The predicted octanol–water partition coefficient (Wildman–Crippen LogP) is 2.94. The zero-order chi connectivity index (χ0) is 20.0. The quantitative estimate of drug-likeness (QED) is 0.773. The Hall–Kier alpha value is -2.75. The predicted molar refractivity (Wildman–Crippen MR) is 100 cm³/mol. The largest absolute Gasteiger partial charge is 0.442 e. The van der Waals surface area contributed by atoms with Crippen molar-refractivity contribution in [1.29, 1.82) is 0 Å². The molecular weight excluding hydrogens is 438 g/mol. The van der Waals surface area contributed by atoms with Crippen LogP contribution in [0.1, 0.15) is 18.2 Å². The first-order chi connectivity index (χ1) is 13.3. The number of hydrogen-bond acceptors (Lipinski definition) is 4. The molecule has 2 aromatic rings. The third kappa shape index (κ3) is 3.28. The number of anilines is 1. The minimum atomic E-state index is -0.769. The normalized spacial score (nSPS) is 18.1. The molecule has 146 valence electrons. The summed E-state index contributed by atoms with van der Waals surface area (Å²) in [5.74, 6) is -1.79. The third-order valence-electron chi connectivity index (χ3n) is 4.60. The van der Waals surface area contributed by atoms with Crippen LogP contribution in [-0.4, -0.2) is 40.7 Å². The number of aromatic nitrogens is 2. The third-order valence-corrected chi connectivity index (χ3v) is 5.21. The fraction of sp³-hybridized carbons (Fsp3) is 0.278. The molecule has 2 aliphatic heterocycles. The number of carbonyl (C=O) groups is 2. The summed E-state index contributed by atoms with van der Waals surface area (Å²) in [5.41, 5.74) is 1.14. The Balaban J connectivity index is 1.58. The van der Waals surface area contributed by atoms with Gasteiger partial charge >= 0.3 is 6.09 Å². The molecule has 1 saturated heterocycles. The molecule has 4 rings (SSSR count). The van der Waals surface area contributed by atoms with Gasteiger partial charge in [0.05, 0.1) is 36.4 Å². The van der Waals surface area contributed by atoms with E-state index in [4.69, 9.17) is 4.74 Å². The smallest absolute Gasteiger partial charge is 0.414 e. The second-order valence-corrected chi connectivity index (χ2v) is 7.31. The molecule has 1 N–H and O–H groups in total. The summed E-state index contributed by atoms with van der Waals surface area (Å²) in [4.78, 5) is 28.3. The number of rotatable bonds is 4. The lowest BCUT2D eigenvalue weighted by Crippen LogP contribution is -2.33. The van der Waals surface area contributed by atoms with Gasteiger partial charge in [-0.15, -0.1) is 0 Å². The molecule has 0 aliphatic carbocycles. The number of allylic oxidation sites excluding steroid dienone is 1. The van der Waals surface area contributed by atoms with Crippen LogP contribution < -0.4 is 10.2 Å². The summed E-state index contributed by atoms with van der Waals surface area (Å²) in [5, 5.41) is 2.55. The van der Waals surface area contributed by atoms with Gasteiger partial charge < -0.3 is 14.6 Å². The van der Waals surface area contributed by atoms with Gasteiger partial charge in [0, 0.05) is 13.5 Å². The van der Waals surface area contributed by atoms with Crippen LogP contribution in [0.5, 0.6) is 0 Å². The van der Waals surface area contributed by atoms with Crippen molar-refractivity contribution in [3.05, 3.63) is 46.0 Å². The fourth-order valence-electron chi connectivity index (χ4n) is 3.30. The number of carbonyl (C=O) groups excluding carboxylic acids is 2. The molecule has 10 heteroatoms. The number of benzene rings is 1. The number of nitrogens with one attached hydrogen (secondary N) is 1. The number of hydrogen-bond donors (Lipinski definition) is 1. The van der Waals surface area contributed by atoms with E-state index in [1.807, 2.05) is 0 Å². The number of nitrogens with zero attached hydrogens (tertiary/aromatic N) is 3. The number of ether oxygens (including phenoxy) is 1. The maximum atomic E-state index is 14.8. The zero-order valence-corrected chi connectivity index (χ0v) is 16.3. The molecule has 0 bridgehead atoms. The summed E-state index contributed by atoms with van der Waals surface area (Å²) in [7, 11) is 0. The highest BCUT2D eigenvalue weighted by Gasteiger charge is 2.33. The molecule has 1 atom stereocenters. The van der Waals surface area contributed by atoms with Crippen molar-refractivity contribution in [3.63, 3.8) is 0 Å². The highest BCUT2D eigenvalue weighted by molar-refractivity contribution is 9.10. The molecule has 28 heavy (non-hydrogen) atoms. The van der Waals surface area contributed by atoms with Gasteiger partial charge in [-0.05, 0) is 39.7 Å². The maximum absolute atomic E-state index is 14.8. The van der Waals surface area contributed by atoms with E-state index in [0.29, 0.717) is 16.7 Å². The number of amides is 2. The van der Waals surface area contributed by atoms with Gasteiger partial charge in [-0.2, -0.15) is 0 Å². The Morgan fingerprint density at radius 2 is 2.11 bits per heavy atom. The molecule has 0 saturated carbocycles. The van der Waals surface area contributed by atoms with Crippen LogP contribution in [-0.2, 0) is 16.1 Å². The topological polar surface area (TPSA) is 76.5 Å². The molecule has 1 fully saturated rings. The van der Waals surface area contributed by atoms with Gasteiger partial charge in [-0.3, -0.25) is 9.69 Å². The van der Waals surface area contributed by atoms with E-state index in [2.05, 4.69) is 26.2 Å². The lowest BCUT2D eigenvalue weighted by atomic mass is 10.0. The first-order valence-corrected chi connectivity index (χ1v) is 9.26. The first-order valence-electron chi connectivity index (χ1n) is 8.46. The first kappa shape index (κ1) is 18.6. The van der Waals surface area contributed by atoms with E-state index in [1.54, 1.807) is 17.0 Å². The van der Waals surface area contributed by atoms with E-state index in [1.165, 1.54) is 6.92 Å². The minimum absolute atomic E-state index is 0.0649. The SMILES string of the molecule is CC(=O)NC[C@H]1CN(c2cc(F)c(C3=Cc4c(Br)ncn4C3)c(F)c2)C(=O)O1. The molecule has 0 spiro atoms. The number of halogens is 3. The number of imidazole rings is 1. The molecule has 1 aromatic carbocycles. The summed E-state index contributed by atoms with van der Waals surface area (Å²) in [6.45, 7) is 1.87. The van der Waals surface area contributed by atoms with E-state index in [0.717, 1.165) is 22.7 Å². The monoisotopic (exact) mass is 452 g/mol. The zero-order valence-electron chi connectivity index (χ0n) is 14.7. The Morgan fingerprint density at radius 1 is 1.39 bits per heavy atom. The summed E-state index contributed by atoms with van der Waals surface area (Å²) < 4.78 is 37.1. The van der Waals surface area contributed by atoms with Crippen molar-refractivity contribution in [3.8, 4) is 0 Å². The molecule has 2 amide bonds. The van der Waals surface area contributed by atoms with Crippen molar-refractivity contribution in [2.24, 2.45) is 0 Å². The van der Waals surface area contributed by atoms with Crippen LogP contribution in [0.15, 0.2) is 23.1 Å². The molecule has 7 nitrogen and oxygen atoms in total. The van der Waals surface area contributed by atoms with Gasteiger partial charge in [0.15, 0.2) is 0 Å². The highest BCUT2D eigenvalue weighted by atomic mass is 79.9. The van der Waals surface area contributed by atoms with Crippen LogP contribution in [0.25, 0.3) is 11.6 Å². The van der Waals surface area contributed by atoms with Crippen LogP contribution >= 0.6 is 15.9 Å². The average Bonchev–Trinajstić information content (AvgIpc) is 3.29. The molecule has 1 aromatic heterocycles. The molecule has 3 heterocycles. The maximum Gasteiger partial charge on any atom is 0.414 e. The van der Waals surface area contributed by atoms with Crippen LogP contribution in [0.4, 0.5) is 19.3 Å². The Morgan fingerprint density at radius 3 is 2.75 bits per heavy atom. The molecule has 0 unspecified atom stereocenters. The molecule has 0 radical (unpaired) electrons.